The van der Waals surface area contributed by atoms with Crippen molar-refractivity contribution in [1.29, 1.82) is 0 Å². The maximum atomic E-state index is 12.2. The van der Waals surface area contributed by atoms with Crippen LogP contribution in [0.15, 0.2) is 18.2 Å². The number of ether oxygens (including phenoxy) is 2. The first kappa shape index (κ1) is 16.6. The number of imide groups is 1. The summed E-state index contributed by atoms with van der Waals surface area (Å²) in [5.74, 6) is -0.385. The number of nitrogens with one attached hydrogen (secondary N) is 1. The van der Waals surface area contributed by atoms with Crippen LogP contribution in [0.5, 0.6) is 11.5 Å². The number of carbonyl (C=O) groups excluding carboxylic acids is 2. The molecule has 0 saturated carbocycles. The minimum Gasteiger partial charge on any atom is -0.493 e. The molecule has 0 radical (unpaired) electrons. The Morgan fingerprint density at radius 1 is 1.26 bits per heavy atom. The van der Waals surface area contributed by atoms with Gasteiger partial charge in [-0.05, 0) is 24.1 Å². The van der Waals surface area contributed by atoms with Crippen molar-refractivity contribution in [2.75, 3.05) is 14.2 Å². The van der Waals surface area contributed by atoms with Gasteiger partial charge in [0.05, 0.1) is 20.8 Å². The summed E-state index contributed by atoms with van der Waals surface area (Å²) in [6.07, 6.45) is -0.108. The second-order valence-electron chi connectivity index (χ2n) is 5.05. The minimum atomic E-state index is -1.01. The normalized spacial score (nSPS) is 17.1. The van der Waals surface area contributed by atoms with Gasteiger partial charge in [0.2, 0.25) is 0 Å². The van der Waals surface area contributed by atoms with Gasteiger partial charge in [0.1, 0.15) is 6.04 Å². The molecule has 8 nitrogen and oxygen atoms in total. The van der Waals surface area contributed by atoms with Crippen molar-refractivity contribution < 1.29 is 29.0 Å². The molecule has 23 heavy (non-hydrogen) atoms. The Balaban J connectivity index is 2.09. The van der Waals surface area contributed by atoms with E-state index in [0.717, 1.165) is 4.90 Å². The molecular formula is C15H18N2O6. The van der Waals surface area contributed by atoms with Crippen molar-refractivity contribution in [3.63, 3.8) is 0 Å². The number of aliphatic carboxylic acids is 1. The molecule has 0 unspecified atom stereocenters. The number of nitrogens with zero attached hydrogens (tertiary/aromatic N) is 1. The first-order chi connectivity index (χ1) is 11.0. The summed E-state index contributed by atoms with van der Waals surface area (Å²) in [5, 5.41) is 11.2. The average Bonchev–Trinajstić information content (AvgIpc) is 2.80. The largest absolute Gasteiger partial charge is 0.493 e. The Morgan fingerprint density at radius 3 is 2.57 bits per heavy atom. The van der Waals surface area contributed by atoms with Gasteiger partial charge in [0.25, 0.3) is 5.91 Å². The predicted molar refractivity (Wildman–Crippen MR) is 79.3 cm³/mol. The summed E-state index contributed by atoms with van der Waals surface area (Å²) in [7, 11) is 3.01. The molecule has 1 atom stereocenters. The third-order valence-corrected chi connectivity index (χ3v) is 3.54. The number of carboxylic acids is 1. The number of hydrogen-bond acceptors (Lipinski definition) is 5. The second kappa shape index (κ2) is 6.99. The molecule has 1 aliphatic heterocycles. The van der Waals surface area contributed by atoms with Gasteiger partial charge in [0.15, 0.2) is 11.5 Å². The summed E-state index contributed by atoms with van der Waals surface area (Å²) >= 11 is 0. The summed E-state index contributed by atoms with van der Waals surface area (Å²) in [6, 6.07) is 3.78. The van der Waals surface area contributed by atoms with Crippen LogP contribution in [0.3, 0.4) is 0 Å². The molecule has 2 N–H and O–H groups in total. The lowest BCUT2D eigenvalue weighted by Crippen LogP contribution is -2.31. The highest BCUT2D eigenvalue weighted by Crippen LogP contribution is 2.28. The van der Waals surface area contributed by atoms with Gasteiger partial charge in [-0.3, -0.25) is 14.5 Å². The molecule has 1 aromatic carbocycles. The highest BCUT2D eigenvalue weighted by molar-refractivity contribution is 6.04. The van der Waals surface area contributed by atoms with Crippen LogP contribution in [0, 0.1) is 0 Å². The van der Waals surface area contributed by atoms with Crippen LogP contribution in [0.4, 0.5) is 4.79 Å². The quantitative estimate of drug-likeness (QED) is 0.725. The van der Waals surface area contributed by atoms with Crippen LogP contribution < -0.4 is 14.8 Å². The van der Waals surface area contributed by atoms with Crippen molar-refractivity contribution in [1.82, 2.24) is 10.2 Å². The van der Waals surface area contributed by atoms with E-state index >= 15 is 0 Å². The second-order valence-corrected chi connectivity index (χ2v) is 5.05. The van der Waals surface area contributed by atoms with Gasteiger partial charge < -0.3 is 19.9 Å². The van der Waals surface area contributed by atoms with Crippen molar-refractivity contribution in [3.8, 4) is 11.5 Å². The Bertz CT molecular complexity index is 630. The van der Waals surface area contributed by atoms with Crippen molar-refractivity contribution >= 4 is 17.9 Å². The van der Waals surface area contributed by atoms with Gasteiger partial charge in [-0.25, -0.2) is 4.79 Å². The SMILES string of the molecule is COc1ccc(CN2C(=O)N[C@@H](CCC(=O)O)C2=O)cc1OC. The molecular weight excluding hydrogens is 304 g/mol. The molecule has 0 aliphatic carbocycles. The van der Waals surface area contributed by atoms with Gasteiger partial charge in [-0.1, -0.05) is 6.07 Å². The van der Waals surface area contributed by atoms with Gasteiger partial charge in [-0.15, -0.1) is 0 Å². The first-order valence-corrected chi connectivity index (χ1v) is 7.00. The van der Waals surface area contributed by atoms with Crippen LogP contribution in [0.2, 0.25) is 0 Å². The number of methoxy groups -OCH3 is 2. The number of rotatable bonds is 7. The Labute approximate surface area is 133 Å². The zero-order valence-electron chi connectivity index (χ0n) is 12.9. The van der Waals surface area contributed by atoms with E-state index in [2.05, 4.69) is 5.32 Å². The first-order valence-electron chi connectivity index (χ1n) is 7.00. The Hall–Kier alpha value is -2.77. The molecule has 1 heterocycles. The number of benzene rings is 1. The van der Waals surface area contributed by atoms with E-state index in [1.807, 2.05) is 0 Å². The molecule has 0 aromatic heterocycles. The highest BCUT2D eigenvalue weighted by Gasteiger charge is 2.37. The van der Waals surface area contributed by atoms with E-state index in [1.54, 1.807) is 18.2 Å². The van der Waals surface area contributed by atoms with Crippen LogP contribution in [0.25, 0.3) is 0 Å². The molecule has 1 fully saturated rings. The van der Waals surface area contributed by atoms with E-state index in [-0.39, 0.29) is 19.4 Å². The van der Waals surface area contributed by atoms with Crippen LogP contribution in [-0.4, -0.2) is 48.2 Å². The number of urea groups is 1. The summed E-state index contributed by atoms with van der Waals surface area (Å²) in [6.45, 7) is 0.0780. The lowest BCUT2D eigenvalue weighted by atomic mass is 10.1. The standard InChI is InChI=1S/C15H18N2O6/c1-22-11-5-3-9(7-12(11)23-2)8-17-14(20)10(16-15(17)21)4-6-13(18)19/h3,5,7,10H,4,6,8H2,1-2H3,(H,16,21)(H,18,19)/t10-/m0/s1. The fourth-order valence-electron chi connectivity index (χ4n) is 2.35. The maximum Gasteiger partial charge on any atom is 0.325 e. The van der Waals surface area contributed by atoms with E-state index in [0.29, 0.717) is 17.1 Å². The maximum absolute atomic E-state index is 12.2. The molecule has 0 bridgehead atoms. The molecule has 8 heteroatoms. The van der Waals surface area contributed by atoms with Gasteiger partial charge in [0, 0.05) is 6.42 Å². The third kappa shape index (κ3) is 3.71. The topological polar surface area (TPSA) is 105 Å². The molecule has 2 rings (SSSR count). The van der Waals surface area contributed by atoms with Crippen molar-refractivity contribution in [2.45, 2.75) is 25.4 Å². The monoisotopic (exact) mass is 322 g/mol. The Kier molecular flexibility index (Phi) is 5.05. The zero-order valence-corrected chi connectivity index (χ0v) is 12.9. The number of amides is 3. The van der Waals surface area contributed by atoms with E-state index in [9.17, 15) is 14.4 Å². The smallest absolute Gasteiger partial charge is 0.325 e. The summed E-state index contributed by atoms with van der Waals surface area (Å²) < 4.78 is 10.3. The van der Waals surface area contributed by atoms with E-state index < -0.39 is 23.9 Å². The molecule has 124 valence electrons. The average molecular weight is 322 g/mol. The number of hydrogen-bond donors (Lipinski definition) is 2. The summed E-state index contributed by atoms with van der Waals surface area (Å²) in [4.78, 5) is 35.8. The fraction of sp³-hybridized carbons (Fsp3) is 0.400. The minimum absolute atomic E-state index is 0.0718. The Morgan fingerprint density at radius 2 is 1.96 bits per heavy atom. The molecule has 3 amide bonds. The molecule has 1 aliphatic rings. The van der Waals surface area contributed by atoms with Crippen LogP contribution in [0.1, 0.15) is 18.4 Å². The van der Waals surface area contributed by atoms with Crippen molar-refractivity contribution in [2.24, 2.45) is 0 Å². The number of carbonyl (C=O) groups is 3. The summed E-state index contributed by atoms with van der Waals surface area (Å²) in [5.41, 5.74) is 0.699. The molecule has 1 saturated heterocycles. The van der Waals surface area contributed by atoms with Crippen LogP contribution >= 0.6 is 0 Å². The number of carboxylic acid groups (broad SMARTS) is 1. The van der Waals surface area contributed by atoms with Gasteiger partial charge in [-0.2, -0.15) is 0 Å². The lowest BCUT2D eigenvalue weighted by molar-refractivity contribution is -0.137. The van der Waals surface area contributed by atoms with E-state index in [1.165, 1.54) is 14.2 Å². The van der Waals surface area contributed by atoms with Crippen LogP contribution in [-0.2, 0) is 16.1 Å². The highest BCUT2D eigenvalue weighted by atomic mass is 16.5. The predicted octanol–water partition coefficient (Wildman–Crippen LogP) is 0.989. The third-order valence-electron chi connectivity index (χ3n) is 3.54. The zero-order chi connectivity index (χ0) is 17.0. The van der Waals surface area contributed by atoms with Crippen molar-refractivity contribution in [3.05, 3.63) is 23.8 Å². The fourth-order valence-corrected chi connectivity index (χ4v) is 2.35. The van der Waals surface area contributed by atoms with Gasteiger partial charge >= 0.3 is 12.0 Å². The van der Waals surface area contributed by atoms with E-state index in [4.69, 9.17) is 14.6 Å². The molecule has 1 aromatic rings. The molecule has 0 spiro atoms. The lowest BCUT2D eigenvalue weighted by Gasteiger charge is -2.15.